The number of piperidine rings is 1. The zero-order chi connectivity index (χ0) is 17.9. The summed E-state index contributed by atoms with van der Waals surface area (Å²) < 4.78 is 50.8. The van der Waals surface area contributed by atoms with Crippen LogP contribution in [-0.2, 0) is 6.54 Å². The van der Waals surface area contributed by atoms with Crippen molar-refractivity contribution < 1.29 is 17.6 Å². The molecule has 0 radical (unpaired) electrons. The summed E-state index contributed by atoms with van der Waals surface area (Å²) in [5.74, 6) is -0.165. The third-order valence-electron chi connectivity index (χ3n) is 5.54. The molecule has 0 unspecified atom stereocenters. The molecule has 1 aromatic rings. The van der Waals surface area contributed by atoms with Gasteiger partial charge in [0, 0.05) is 31.6 Å². The van der Waals surface area contributed by atoms with Gasteiger partial charge < -0.3 is 4.90 Å². The maximum absolute atomic E-state index is 13.9. The van der Waals surface area contributed by atoms with Crippen LogP contribution >= 0.6 is 0 Å². The van der Waals surface area contributed by atoms with E-state index in [4.69, 9.17) is 0 Å². The van der Waals surface area contributed by atoms with E-state index in [1.54, 1.807) is 6.07 Å². The summed E-state index contributed by atoms with van der Waals surface area (Å²) in [5.41, 5.74) is 0.890. The topological polar surface area (TPSA) is 6.48 Å². The van der Waals surface area contributed by atoms with E-state index >= 15 is 0 Å². The minimum absolute atomic E-state index is 0.165. The van der Waals surface area contributed by atoms with E-state index < -0.39 is 12.6 Å². The summed E-state index contributed by atoms with van der Waals surface area (Å²) in [6.07, 6.45) is -1.35. The molecule has 1 aromatic carbocycles. The second-order valence-electron chi connectivity index (χ2n) is 7.65. The van der Waals surface area contributed by atoms with E-state index in [1.807, 2.05) is 12.1 Å². The number of hydrogen-bond acceptors (Lipinski definition) is 2. The van der Waals surface area contributed by atoms with Crippen LogP contribution in [0.3, 0.4) is 0 Å². The number of rotatable bonds is 5. The molecule has 6 heteroatoms. The Morgan fingerprint density at radius 1 is 1.00 bits per heavy atom. The van der Waals surface area contributed by atoms with Crippen molar-refractivity contribution in [2.75, 3.05) is 32.7 Å². The molecule has 2 saturated heterocycles. The Bertz CT molecular complexity index is 575. The lowest BCUT2D eigenvalue weighted by molar-refractivity contribution is -0.136. The molecule has 3 rings (SSSR count). The molecule has 1 atom stereocenters. The predicted octanol–water partition coefficient (Wildman–Crippen LogP) is 4.46. The highest BCUT2D eigenvalue weighted by molar-refractivity contribution is 5.17. The molecule has 0 saturated carbocycles. The third-order valence-corrected chi connectivity index (χ3v) is 5.54. The molecule has 2 nitrogen and oxygen atoms in total. The molecule has 0 bridgehead atoms. The second kappa shape index (κ2) is 7.62. The molecule has 25 heavy (non-hydrogen) atoms. The van der Waals surface area contributed by atoms with Crippen LogP contribution in [0, 0.1) is 11.2 Å². The summed E-state index contributed by atoms with van der Waals surface area (Å²) in [6.45, 7) is 4.77. The van der Waals surface area contributed by atoms with Crippen molar-refractivity contribution in [2.45, 2.75) is 44.8 Å². The molecule has 140 valence electrons. The van der Waals surface area contributed by atoms with E-state index in [0.29, 0.717) is 13.1 Å². The Kier molecular flexibility index (Phi) is 5.68. The summed E-state index contributed by atoms with van der Waals surface area (Å²) in [7, 11) is 0. The van der Waals surface area contributed by atoms with Gasteiger partial charge in [0.2, 0.25) is 0 Å². The van der Waals surface area contributed by atoms with Crippen molar-refractivity contribution in [3.63, 3.8) is 0 Å². The first kappa shape index (κ1) is 18.6. The maximum Gasteiger partial charge on any atom is 0.389 e. The SMILES string of the molecule is Fc1ccccc1CN1CCC[C@@]2(CCN(CCCC(F)(F)F)C2)C1. The van der Waals surface area contributed by atoms with E-state index in [9.17, 15) is 17.6 Å². The molecule has 0 N–H and O–H groups in total. The number of nitrogens with zero attached hydrogens (tertiary/aromatic N) is 2. The van der Waals surface area contributed by atoms with Crippen molar-refractivity contribution in [3.05, 3.63) is 35.6 Å². The largest absolute Gasteiger partial charge is 0.389 e. The molecule has 0 aliphatic carbocycles. The number of alkyl halides is 3. The van der Waals surface area contributed by atoms with Crippen molar-refractivity contribution in [1.29, 1.82) is 0 Å². The molecule has 1 spiro atoms. The van der Waals surface area contributed by atoms with Gasteiger partial charge >= 0.3 is 6.18 Å². The van der Waals surface area contributed by atoms with Gasteiger partial charge in [-0.05, 0) is 56.8 Å². The molecule has 2 fully saturated rings. The van der Waals surface area contributed by atoms with Gasteiger partial charge in [-0.15, -0.1) is 0 Å². The summed E-state index contributed by atoms with van der Waals surface area (Å²) in [6, 6.07) is 6.88. The number of hydrogen-bond donors (Lipinski definition) is 0. The minimum atomic E-state index is -4.06. The molecule has 0 aromatic heterocycles. The predicted molar refractivity (Wildman–Crippen MR) is 89.7 cm³/mol. The van der Waals surface area contributed by atoms with E-state index in [-0.39, 0.29) is 17.7 Å². The van der Waals surface area contributed by atoms with Gasteiger partial charge in [-0.25, -0.2) is 4.39 Å². The Morgan fingerprint density at radius 2 is 1.76 bits per heavy atom. The van der Waals surface area contributed by atoms with Crippen LogP contribution in [0.15, 0.2) is 24.3 Å². The summed E-state index contributed by atoms with van der Waals surface area (Å²) in [5, 5.41) is 0. The van der Waals surface area contributed by atoms with Crippen molar-refractivity contribution in [1.82, 2.24) is 9.80 Å². The van der Waals surface area contributed by atoms with Crippen LogP contribution in [0.5, 0.6) is 0 Å². The fraction of sp³-hybridized carbons (Fsp3) is 0.684. The lowest BCUT2D eigenvalue weighted by atomic mass is 9.79. The number of halogens is 4. The smallest absolute Gasteiger partial charge is 0.303 e. The molecular weight excluding hydrogens is 332 g/mol. The Balaban J connectivity index is 1.52. The van der Waals surface area contributed by atoms with Crippen molar-refractivity contribution in [3.8, 4) is 0 Å². The Labute approximate surface area is 146 Å². The second-order valence-corrected chi connectivity index (χ2v) is 7.65. The first-order valence-corrected chi connectivity index (χ1v) is 9.10. The van der Waals surface area contributed by atoms with E-state index in [2.05, 4.69) is 9.80 Å². The molecule has 0 amide bonds. The average Bonchev–Trinajstić information content (AvgIpc) is 2.91. The Hall–Kier alpha value is -1.14. The van der Waals surface area contributed by atoms with Gasteiger partial charge in [0.05, 0.1) is 0 Å². The van der Waals surface area contributed by atoms with Gasteiger partial charge in [-0.1, -0.05) is 18.2 Å². The van der Waals surface area contributed by atoms with Gasteiger partial charge in [-0.2, -0.15) is 13.2 Å². The van der Waals surface area contributed by atoms with Crippen LogP contribution in [0.1, 0.15) is 37.7 Å². The number of benzene rings is 1. The van der Waals surface area contributed by atoms with Crippen LogP contribution < -0.4 is 0 Å². The first-order chi connectivity index (χ1) is 11.9. The van der Waals surface area contributed by atoms with E-state index in [1.165, 1.54) is 6.07 Å². The van der Waals surface area contributed by atoms with Crippen LogP contribution in [-0.4, -0.2) is 48.7 Å². The van der Waals surface area contributed by atoms with Crippen LogP contribution in [0.2, 0.25) is 0 Å². The maximum atomic E-state index is 13.9. The quantitative estimate of drug-likeness (QED) is 0.717. The normalized spacial score (nSPS) is 25.8. The zero-order valence-electron chi connectivity index (χ0n) is 14.5. The Morgan fingerprint density at radius 3 is 2.52 bits per heavy atom. The molecule has 2 heterocycles. The van der Waals surface area contributed by atoms with Crippen molar-refractivity contribution >= 4 is 0 Å². The van der Waals surface area contributed by atoms with E-state index in [0.717, 1.165) is 51.0 Å². The molecular formula is C19H26F4N2. The highest BCUT2D eigenvalue weighted by Crippen LogP contribution is 2.39. The number of likely N-dealkylation sites (tertiary alicyclic amines) is 2. The lowest BCUT2D eigenvalue weighted by Crippen LogP contribution is -2.44. The van der Waals surface area contributed by atoms with Gasteiger partial charge in [0.15, 0.2) is 0 Å². The fourth-order valence-corrected chi connectivity index (χ4v) is 4.37. The minimum Gasteiger partial charge on any atom is -0.303 e. The first-order valence-electron chi connectivity index (χ1n) is 9.10. The molecule has 2 aliphatic rings. The lowest BCUT2D eigenvalue weighted by Gasteiger charge is -2.40. The standard InChI is InChI=1S/C19H26F4N2/c20-17-6-2-1-5-16(17)13-25-11-3-7-18(15-25)9-12-24(14-18)10-4-8-19(21,22)23/h1-2,5-6H,3-4,7-15H2/t18-/m0/s1. The van der Waals surface area contributed by atoms with Gasteiger partial charge in [0.1, 0.15) is 5.82 Å². The van der Waals surface area contributed by atoms with Gasteiger partial charge in [0.25, 0.3) is 0 Å². The van der Waals surface area contributed by atoms with Crippen LogP contribution in [0.4, 0.5) is 17.6 Å². The van der Waals surface area contributed by atoms with Crippen LogP contribution in [0.25, 0.3) is 0 Å². The fourth-order valence-electron chi connectivity index (χ4n) is 4.37. The highest BCUT2D eigenvalue weighted by Gasteiger charge is 2.41. The summed E-state index contributed by atoms with van der Waals surface area (Å²) >= 11 is 0. The third kappa shape index (κ3) is 5.17. The van der Waals surface area contributed by atoms with Crippen molar-refractivity contribution in [2.24, 2.45) is 5.41 Å². The zero-order valence-corrected chi connectivity index (χ0v) is 14.5. The van der Waals surface area contributed by atoms with Gasteiger partial charge in [-0.3, -0.25) is 4.90 Å². The highest BCUT2D eigenvalue weighted by atomic mass is 19.4. The molecule has 2 aliphatic heterocycles. The monoisotopic (exact) mass is 358 g/mol. The average molecular weight is 358 g/mol. The summed E-state index contributed by atoms with van der Waals surface area (Å²) in [4.78, 5) is 4.49.